The molecule has 4 N–H and O–H groups in total. The zero-order chi connectivity index (χ0) is 14.9. The summed E-state index contributed by atoms with van der Waals surface area (Å²) in [6, 6.07) is 5.67. The van der Waals surface area contributed by atoms with Gasteiger partial charge in [0.25, 0.3) is 0 Å². The van der Waals surface area contributed by atoms with E-state index in [4.69, 9.17) is 10.9 Å². The number of carbonyl (C=O) groups excluding carboxylic acids is 1. The van der Waals surface area contributed by atoms with Crippen molar-refractivity contribution in [2.45, 2.75) is 4.90 Å². The quantitative estimate of drug-likeness (QED) is 0.760. The number of sulfonamides is 1. The molecule has 0 saturated carbocycles. The zero-order valence-electron chi connectivity index (χ0n) is 10.5. The van der Waals surface area contributed by atoms with Gasteiger partial charge in [-0.1, -0.05) is 0 Å². The monoisotopic (exact) mass is 296 g/mol. The maximum absolute atomic E-state index is 11.4. The molecule has 0 aliphatic carbocycles. The highest BCUT2D eigenvalue weighted by atomic mass is 32.2. The molecule has 0 atom stereocenters. The Balaban J connectivity index is 2.43. The van der Waals surface area contributed by atoms with Gasteiger partial charge in [0.15, 0.2) is 5.69 Å². The number of rotatable bonds is 3. The van der Waals surface area contributed by atoms with Crippen LogP contribution in [0.4, 0.5) is 5.82 Å². The van der Waals surface area contributed by atoms with Gasteiger partial charge in [0.05, 0.1) is 12.0 Å². The lowest BCUT2D eigenvalue weighted by atomic mass is 10.3. The number of primary sulfonamides is 1. The van der Waals surface area contributed by atoms with Crippen LogP contribution in [0.2, 0.25) is 0 Å². The Morgan fingerprint density at radius 1 is 1.30 bits per heavy atom. The first-order chi connectivity index (χ1) is 9.34. The number of hydrogen-bond donors (Lipinski definition) is 2. The van der Waals surface area contributed by atoms with Crippen LogP contribution in [0, 0.1) is 0 Å². The third kappa shape index (κ3) is 2.49. The Kier molecular flexibility index (Phi) is 3.47. The molecule has 0 aliphatic heterocycles. The number of hydrogen-bond acceptors (Lipinski definition) is 6. The molecular weight excluding hydrogens is 284 g/mol. The summed E-state index contributed by atoms with van der Waals surface area (Å²) >= 11 is 0. The fraction of sp³-hybridized carbons (Fsp3) is 0.0909. The number of aromatic nitrogens is 2. The Labute approximate surface area is 115 Å². The second-order valence-electron chi connectivity index (χ2n) is 3.88. The highest BCUT2D eigenvalue weighted by Gasteiger charge is 2.17. The summed E-state index contributed by atoms with van der Waals surface area (Å²) in [5.41, 5.74) is 6.32. The Bertz CT molecular complexity index is 749. The first-order valence-electron chi connectivity index (χ1n) is 5.39. The van der Waals surface area contributed by atoms with Crippen molar-refractivity contribution in [2.75, 3.05) is 12.8 Å². The number of nitrogens with zero attached hydrogens (tertiary/aromatic N) is 2. The number of benzene rings is 1. The number of ether oxygens (including phenoxy) is 1. The minimum atomic E-state index is -3.75. The molecule has 2 rings (SSSR count). The van der Waals surface area contributed by atoms with Crippen LogP contribution in [0.25, 0.3) is 5.69 Å². The lowest BCUT2D eigenvalue weighted by Gasteiger charge is -2.06. The van der Waals surface area contributed by atoms with E-state index in [9.17, 15) is 13.2 Å². The number of esters is 1. The van der Waals surface area contributed by atoms with Gasteiger partial charge in [0.2, 0.25) is 10.0 Å². The molecule has 0 amide bonds. The van der Waals surface area contributed by atoms with Crippen molar-refractivity contribution in [1.82, 2.24) is 9.55 Å². The molecule has 106 valence electrons. The summed E-state index contributed by atoms with van der Waals surface area (Å²) in [5, 5.41) is 5.00. The third-order valence-corrected chi connectivity index (χ3v) is 3.56. The predicted molar refractivity (Wildman–Crippen MR) is 70.7 cm³/mol. The second-order valence-corrected chi connectivity index (χ2v) is 5.44. The molecule has 2 aromatic rings. The van der Waals surface area contributed by atoms with E-state index in [0.29, 0.717) is 5.69 Å². The summed E-state index contributed by atoms with van der Waals surface area (Å²) in [7, 11) is -2.53. The number of methoxy groups -OCH3 is 1. The third-order valence-electron chi connectivity index (χ3n) is 2.63. The van der Waals surface area contributed by atoms with E-state index in [-0.39, 0.29) is 16.4 Å². The average molecular weight is 296 g/mol. The number of nitrogens with two attached hydrogens (primary N) is 2. The maximum Gasteiger partial charge on any atom is 0.360 e. The molecule has 0 saturated heterocycles. The van der Waals surface area contributed by atoms with E-state index in [1.165, 1.54) is 42.3 Å². The molecule has 1 aromatic heterocycles. The first-order valence-corrected chi connectivity index (χ1v) is 6.93. The van der Waals surface area contributed by atoms with Crippen molar-refractivity contribution >= 4 is 21.8 Å². The summed E-state index contributed by atoms with van der Waals surface area (Å²) in [6.45, 7) is 0. The summed E-state index contributed by atoms with van der Waals surface area (Å²) in [6.07, 6.45) is 1.34. The summed E-state index contributed by atoms with van der Waals surface area (Å²) in [5.74, 6) is -0.553. The molecule has 9 heteroatoms. The summed E-state index contributed by atoms with van der Waals surface area (Å²) in [4.78, 5) is 15.2. The molecule has 8 nitrogen and oxygen atoms in total. The van der Waals surface area contributed by atoms with E-state index in [2.05, 4.69) is 9.72 Å². The maximum atomic E-state index is 11.4. The number of nitrogen functional groups attached to an aromatic ring is 1. The van der Waals surface area contributed by atoms with Crippen molar-refractivity contribution < 1.29 is 17.9 Å². The predicted octanol–water partition coefficient (Wildman–Crippen LogP) is -0.112. The number of anilines is 1. The van der Waals surface area contributed by atoms with Gasteiger partial charge < -0.3 is 10.5 Å². The lowest BCUT2D eigenvalue weighted by Crippen LogP contribution is -2.12. The van der Waals surface area contributed by atoms with Crippen molar-refractivity contribution in [3.05, 3.63) is 36.3 Å². The van der Waals surface area contributed by atoms with Crippen molar-refractivity contribution in [3.63, 3.8) is 0 Å². The topological polar surface area (TPSA) is 130 Å². The van der Waals surface area contributed by atoms with Gasteiger partial charge in [-0.2, -0.15) is 0 Å². The SMILES string of the molecule is COC(=O)c1ncn(-c2ccc(S(N)(=O)=O)cc2)c1N. The van der Waals surface area contributed by atoms with Crippen LogP contribution in [-0.2, 0) is 14.8 Å². The standard InChI is InChI=1S/C11H12N4O4S/c1-19-11(16)9-10(12)15(6-14-9)7-2-4-8(5-3-7)20(13,17)18/h2-6H,12H2,1H3,(H2,13,17,18). The Hall–Kier alpha value is -2.39. The van der Waals surface area contributed by atoms with E-state index < -0.39 is 16.0 Å². The second kappa shape index (κ2) is 4.94. The van der Waals surface area contributed by atoms with E-state index in [0.717, 1.165) is 0 Å². The van der Waals surface area contributed by atoms with Gasteiger partial charge in [0, 0.05) is 5.69 Å². The smallest absolute Gasteiger partial charge is 0.360 e. The van der Waals surface area contributed by atoms with Crippen LogP contribution in [0.1, 0.15) is 10.5 Å². The highest BCUT2D eigenvalue weighted by Crippen LogP contribution is 2.19. The molecule has 1 aromatic carbocycles. The highest BCUT2D eigenvalue weighted by molar-refractivity contribution is 7.89. The Morgan fingerprint density at radius 2 is 1.90 bits per heavy atom. The van der Waals surface area contributed by atoms with E-state index in [1.54, 1.807) is 0 Å². The molecule has 0 fully saturated rings. The fourth-order valence-corrected chi connectivity index (χ4v) is 2.13. The molecule has 1 heterocycles. The lowest BCUT2D eigenvalue weighted by molar-refractivity contribution is 0.0596. The van der Waals surface area contributed by atoms with Crippen LogP contribution in [0.3, 0.4) is 0 Å². The number of carbonyl (C=O) groups is 1. The van der Waals surface area contributed by atoms with Gasteiger partial charge in [-0.05, 0) is 24.3 Å². The zero-order valence-corrected chi connectivity index (χ0v) is 11.3. The molecule has 0 unspecified atom stereocenters. The van der Waals surface area contributed by atoms with Gasteiger partial charge in [-0.3, -0.25) is 4.57 Å². The molecular formula is C11H12N4O4S. The van der Waals surface area contributed by atoms with Crippen LogP contribution < -0.4 is 10.9 Å². The molecule has 0 radical (unpaired) electrons. The van der Waals surface area contributed by atoms with Crippen LogP contribution in [0.5, 0.6) is 0 Å². The molecule has 20 heavy (non-hydrogen) atoms. The minimum absolute atomic E-state index is 0.0111. The Morgan fingerprint density at radius 3 is 2.40 bits per heavy atom. The van der Waals surface area contributed by atoms with E-state index in [1.807, 2.05) is 0 Å². The van der Waals surface area contributed by atoms with Gasteiger partial charge >= 0.3 is 5.97 Å². The molecule has 0 spiro atoms. The summed E-state index contributed by atoms with van der Waals surface area (Å²) < 4.78 is 28.3. The minimum Gasteiger partial charge on any atom is -0.464 e. The van der Waals surface area contributed by atoms with Crippen molar-refractivity contribution in [3.8, 4) is 5.69 Å². The van der Waals surface area contributed by atoms with E-state index >= 15 is 0 Å². The number of imidazole rings is 1. The average Bonchev–Trinajstić information content (AvgIpc) is 2.79. The van der Waals surface area contributed by atoms with Gasteiger partial charge in [-0.15, -0.1) is 0 Å². The van der Waals surface area contributed by atoms with Crippen LogP contribution >= 0.6 is 0 Å². The molecule has 0 aliphatic rings. The largest absolute Gasteiger partial charge is 0.464 e. The van der Waals surface area contributed by atoms with Crippen LogP contribution in [0.15, 0.2) is 35.5 Å². The van der Waals surface area contributed by atoms with Crippen molar-refractivity contribution in [2.24, 2.45) is 5.14 Å². The normalized spacial score (nSPS) is 11.3. The van der Waals surface area contributed by atoms with Crippen molar-refractivity contribution in [1.29, 1.82) is 0 Å². The van der Waals surface area contributed by atoms with Gasteiger partial charge in [0.1, 0.15) is 12.1 Å². The fourth-order valence-electron chi connectivity index (χ4n) is 1.61. The van der Waals surface area contributed by atoms with Gasteiger partial charge in [-0.25, -0.2) is 23.3 Å². The molecule has 0 bridgehead atoms. The first kappa shape index (κ1) is 14.0. The van der Waals surface area contributed by atoms with Crippen LogP contribution in [-0.4, -0.2) is 31.0 Å².